The van der Waals surface area contributed by atoms with E-state index >= 15 is 0 Å². The van der Waals surface area contributed by atoms with E-state index in [-0.39, 0.29) is 22.5 Å². The van der Waals surface area contributed by atoms with Crippen molar-refractivity contribution in [2.24, 2.45) is 5.41 Å². The second-order valence-corrected chi connectivity index (χ2v) is 12.0. The van der Waals surface area contributed by atoms with Crippen LogP contribution in [0.4, 0.5) is 11.4 Å². The summed E-state index contributed by atoms with van der Waals surface area (Å²) in [6, 6.07) is 16.1. The van der Waals surface area contributed by atoms with E-state index in [2.05, 4.69) is 71.1 Å². The predicted molar refractivity (Wildman–Crippen MR) is 145 cm³/mol. The molecule has 1 atom stereocenters. The molecule has 0 saturated carbocycles. The lowest BCUT2D eigenvalue weighted by molar-refractivity contribution is -0.119. The molecule has 2 aliphatic rings. The average molecular weight is 473 g/mol. The molecule has 1 aliphatic carbocycles. The lowest BCUT2D eigenvalue weighted by Crippen LogP contribution is -2.39. The number of nitrogens with zero attached hydrogens (tertiary/aromatic N) is 1. The van der Waals surface area contributed by atoms with Crippen LogP contribution in [0.15, 0.2) is 59.8 Å². The Hall–Kier alpha value is -2.88. The number of unbranched alkanes of at least 4 members (excludes halogenated alkanes) is 2. The SMILES string of the molecule is CCCCCC(=O)N1c2ccccc2NC2=C(C(=O)CC(C)(C)C2)C1c1ccc(C(C)(C)C)cc1. The van der Waals surface area contributed by atoms with Gasteiger partial charge in [0.05, 0.1) is 17.4 Å². The fourth-order valence-corrected chi connectivity index (χ4v) is 5.39. The number of carbonyl (C=O) groups excluding carboxylic acids is 2. The van der Waals surface area contributed by atoms with E-state index in [1.807, 2.05) is 29.2 Å². The first kappa shape index (κ1) is 25.2. The van der Waals surface area contributed by atoms with Crippen LogP contribution in [0.1, 0.15) is 97.2 Å². The molecule has 0 radical (unpaired) electrons. The number of hydrogen-bond acceptors (Lipinski definition) is 3. The largest absolute Gasteiger partial charge is 0.357 e. The molecule has 2 aromatic rings. The molecule has 4 heteroatoms. The second kappa shape index (κ2) is 9.64. The summed E-state index contributed by atoms with van der Waals surface area (Å²) in [6.45, 7) is 13.0. The zero-order valence-corrected chi connectivity index (χ0v) is 22.2. The fourth-order valence-electron chi connectivity index (χ4n) is 5.39. The third kappa shape index (κ3) is 5.22. The number of carbonyl (C=O) groups is 2. The zero-order valence-electron chi connectivity index (χ0n) is 22.2. The standard InChI is InChI=1S/C31H40N2O2/c1-7-8-9-14-27(35)33-25-13-11-10-12-23(25)32-24-19-31(5,6)20-26(34)28(24)29(33)21-15-17-22(18-16-21)30(2,3)4/h10-13,15-18,29,32H,7-9,14,19-20H2,1-6H3. The van der Waals surface area contributed by atoms with Gasteiger partial charge in [-0.15, -0.1) is 0 Å². The van der Waals surface area contributed by atoms with E-state index < -0.39 is 6.04 Å². The molecule has 2 aromatic carbocycles. The molecule has 0 aromatic heterocycles. The number of anilines is 2. The van der Waals surface area contributed by atoms with E-state index in [1.54, 1.807) is 0 Å². The normalized spacial score (nSPS) is 19.5. The van der Waals surface area contributed by atoms with Crippen LogP contribution in [-0.4, -0.2) is 11.7 Å². The van der Waals surface area contributed by atoms with Gasteiger partial charge in [0, 0.05) is 24.1 Å². The maximum atomic E-state index is 13.9. The summed E-state index contributed by atoms with van der Waals surface area (Å²) in [5.41, 5.74) is 5.56. The summed E-state index contributed by atoms with van der Waals surface area (Å²) in [7, 11) is 0. The maximum Gasteiger partial charge on any atom is 0.227 e. The van der Waals surface area contributed by atoms with Crippen molar-refractivity contribution in [1.29, 1.82) is 0 Å². The Morgan fingerprint density at radius 3 is 2.37 bits per heavy atom. The number of benzene rings is 2. The van der Waals surface area contributed by atoms with Crippen molar-refractivity contribution in [3.05, 3.63) is 70.9 Å². The molecule has 1 aliphatic heterocycles. The van der Waals surface area contributed by atoms with Gasteiger partial charge in [-0.25, -0.2) is 0 Å². The predicted octanol–water partition coefficient (Wildman–Crippen LogP) is 7.71. The van der Waals surface area contributed by atoms with Crippen LogP contribution in [0, 0.1) is 5.41 Å². The van der Waals surface area contributed by atoms with Gasteiger partial charge in [-0.1, -0.05) is 90.8 Å². The van der Waals surface area contributed by atoms with Gasteiger partial charge in [0.1, 0.15) is 0 Å². The molecule has 1 N–H and O–H groups in total. The fraction of sp³-hybridized carbons (Fsp3) is 0.484. The molecule has 1 amide bonds. The van der Waals surface area contributed by atoms with Gasteiger partial charge >= 0.3 is 0 Å². The van der Waals surface area contributed by atoms with Crippen LogP contribution in [0.2, 0.25) is 0 Å². The zero-order chi connectivity index (χ0) is 25.4. The van der Waals surface area contributed by atoms with Gasteiger partial charge in [-0.3, -0.25) is 14.5 Å². The number of fused-ring (bicyclic) bond motifs is 1. The van der Waals surface area contributed by atoms with E-state index in [1.165, 1.54) is 5.56 Å². The van der Waals surface area contributed by atoms with Crippen molar-refractivity contribution in [2.75, 3.05) is 10.2 Å². The lowest BCUT2D eigenvalue weighted by atomic mass is 9.73. The second-order valence-electron chi connectivity index (χ2n) is 12.0. The summed E-state index contributed by atoms with van der Waals surface area (Å²) in [6.07, 6.45) is 4.66. The quantitative estimate of drug-likeness (QED) is 0.453. The Morgan fingerprint density at radius 2 is 1.71 bits per heavy atom. The van der Waals surface area contributed by atoms with Crippen molar-refractivity contribution >= 4 is 23.1 Å². The monoisotopic (exact) mass is 472 g/mol. The van der Waals surface area contributed by atoms with Crippen LogP contribution in [0.3, 0.4) is 0 Å². The minimum atomic E-state index is -0.437. The molecule has 35 heavy (non-hydrogen) atoms. The summed E-state index contributed by atoms with van der Waals surface area (Å²) in [4.78, 5) is 29.5. The number of rotatable bonds is 5. The van der Waals surface area contributed by atoms with Crippen LogP contribution < -0.4 is 10.2 Å². The number of nitrogens with one attached hydrogen (secondary N) is 1. The molecule has 0 fully saturated rings. The Balaban J connectivity index is 1.91. The molecular weight excluding hydrogens is 432 g/mol. The summed E-state index contributed by atoms with van der Waals surface area (Å²) in [5.74, 6) is 0.205. The molecule has 0 saturated heterocycles. The van der Waals surface area contributed by atoms with Gasteiger partial charge in [0.15, 0.2) is 5.78 Å². The summed E-state index contributed by atoms with van der Waals surface area (Å²) < 4.78 is 0. The topological polar surface area (TPSA) is 49.4 Å². The van der Waals surface area contributed by atoms with E-state index in [0.717, 1.165) is 53.9 Å². The Bertz CT molecular complexity index is 1140. The van der Waals surface area contributed by atoms with Crippen LogP contribution >= 0.6 is 0 Å². The Kier molecular flexibility index (Phi) is 6.95. The minimum Gasteiger partial charge on any atom is -0.357 e. The number of amides is 1. The van der Waals surface area contributed by atoms with E-state index in [0.29, 0.717) is 12.8 Å². The van der Waals surface area contributed by atoms with Gasteiger partial charge in [0.25, 0.3) is 0 Å². The van der Waals surface area contributed by atoms with E-state index in [9.17, 15) is 9.59 Å². The number of allylic oxidation sites excluding steroid dienone is 1. The van der Waals surface area contributed by atoms with Gasteiger partial charge in [0.2, 0.25) is 5.91 Å². The van der Waals surface area contributed by atoms with Crippen molar-refractivity contribution in [1.82, 2.24) is 0 Å². The van der Waals surface area contributed by atoms with Crippen LogP contribution in [0.25, 0.3) is 0 Å². The van der Waals surface area contributed by atoms with Crippen molar-refractivity contribution in [2.45, 2.75) is 91.5 Å². The van der Waals surface area contributed by atoms with Crippen LogP contribution in [0.5, 0.6) is 0 Å². The third-order valence-corrected chi connectivity index (χ3v) is 7.26. The third-order valence-electron chi connectivity index (χ3n) is 7.26. The number of para-hydroxylation sites is 2. The Morgan fingerprint density at radius 1 is 1.03 bits per heavy atom. The molecule has 0 bridgehead atoms. The van der Waals surface area contributed by atoms with E-state index in [4.69, 9.17) is 0 Å². The van der Waals surface area contributed by atoms with Crippen molar-refractivity contribution in [3.63, 3.8) is 0 Å². The Labute approximate surface area is 210 Å². The number of hydrogen-bond donors (Lipinski definition) is 1. The number of ketones is 1. The van der Waals surface area contributed by atoms with Gasteiger partial charge in [-0.2, -0.15) is 0 Å². The van der Waals surface area contributed by atoms with Crippen LogP contribution in [-0.2, 0) is 15.0 Å². The highest BCUT2D eigenvalue weighted by Gasteiger charge is 2.43. The highest BCUT2D eigenvalue weighted by molar-refractivity contribution is 6.06. The first-order valence-corrected chi connectivity index (χ1v) is 13.1. The number of Topliss-reactive ketones (excluding diaryl/α,β-unsaturated/α-hetero) is 1. The van der Waals surface area contributed by atoms with Crippen molar-refractivity contribution < 1.29 is 9.59 Å². The molecular formula is C31H40N2O2. The molecule has 0 spiro atoms. The smallest absolute Gasteiger partial charge is 0.227 e. The molecule has 186 valence electrons. The molecule has 4 nitrogen and oxygen atoms in total. The highest BCUT2D eigenvalue weighted by Crippen LogP contribution is 2.48. The molecule has 1 heterocycles. The maximum absolute atomic E-state index is 13.9. The summed E-state index contributed by atoms with van der Waals surface area (Å²) >= 11 is 0. The van der Waals surface area contributed by atoms with Gasteiger partial charge in [-0.05, 0) is 46.9 Å². The van der Waals surface area contributed by atoms with Gasteiger partial charge < -0.3 is 5.32 Å². The first-order chi connectivity index (χ1) is 16.5. The minimum absolute atomic E-state index is 0.0287. The van der Waals surface area contributed by atoms with Crippen molar-refractivity contribution in [3.8, 4) is 0 Å². The highest BCUT2D eigenvalue weighted by atomic mass is 16.2. The summed E-state index contributed by atoms with van der Waals surface area (Å²) in [5, 5.41) is 3.60. The lowest BCUT2D eigenvalue weighted by Gasteiger charge is -2.37. The first-order valence-electron chi connectivity index (χ1n) is 13.1. The molecule has 1 unspecified atom stereocenters. The average Bonchev–Trinajstić information content (AvgIpc) is 2.92. The molecule has 4 rings (SSSR count).